The zero-order chi connectivity index (χ0) is 11.8. The fourth-order valence-corrected chi connectivity index (χ4v) is 2.48. The van der Waals surface area contributed by atoms with Crippen molar-refractivity contribution in [2.24, 2.45) is 0 Å². The van der Waals surface area contributed by atoms with Crippen LogP contribution in [-0.4, -0.2) is 12.6 Å². The van der Waals surface area contributed by atoms with Gasteiger partial charge < -0.3 is 5.32 Å². The van der Waals surface area contributed by atoms with Crippen LogP contribution in [0.15, 0.2) is 36.4 Å². The summed E-state index contributed by atoms with van der Waals surface area (Å²) in [5.74, 6) is 0. The van der Waals surface area contributed by atoms with Gasteiger partial charge in [0.15, 0.2) is 0 Å². The summed E-state index contributed by atoms with van der Waals surface area (Å²) in [6.45, 7) is 1.000. The summed E-state index contributed by atoms with van der Waals surface area (Å²) in [6, 6.07) is 11.3. The van der Waals surface area contributed by atoms with E-state index in [1.807, 2.05) is 0 Å². The maximum atomic E-state index is 3.65. The fourth-order valence-electron chi connectivity index (χ4n) is 2.48. The Bertz CT molecular complexity index is 321. The molecule has 0 unspecified atom stereocenters. The lowest BCUT2D eigenvalue weighted by molar-refractivity contribution is 0.482. The van der Waals surface area contributed by atoms with Crippen molar-refractivity contribution >= 4 is 6.08 Å². The molecule has 0 spiro atoms. The zero-order valence-electron chi connectivity index (χ0n) is 10.6. The highest BCUT2D eigenvalue weighted by molar-refractivity contribution is 5.48. The SMILES string of the molecule is C(=Cc1ccccc1)CNC1CCCCCC1. The number of hydrogen-bond donors (Lipinski definition) is 1. The molecule has 17 heavy (non-hydrogen) atoms. The Balaban J connectivity index is 1.70. The van der Waals surface area contributed by atoms with E-state index in [0.717, 1.165) is 12.6 Å². The Morgan fingerprint density at radius 1 is 1.00 bits per heavy atom. The fraction of sp³-hybridized carbons (Fsp3) is 0.500. The molecule has 2 rings (SSSR count). The van der Waals surface area contributed by atoms with Crippen LogP contribution in [0.4, 0.5) is 0 Å². The van der Waals surface area contributed by atoms with Crippen molar-refractivity contribution in [2.45, 2.75) is 44.6 Å². The third kappa shape index (κ3) is 4.74. The average molecular weight is 229 g/mol. The van der Waals surface area contributed by atoms with Crippen molar-refractivity contribution in [1.29, 1.82) is 0 Å². The molecule has 92 valence electrons. The molecule has 1 aliphatic carbocycles. The Morgan fingerprint density at radius 2 is 1.71 bits per heavy atom. The van der Waals surface area contributed by atoms with E-state index >= 15 is 0 Å². The van der Waals surface area contributed by atoms with E-state index in [1.54, 1.807) is 0 Å². The Kier molecular flexibility index (Phi) is 5.31. The van der Waals surface area contributed by atoms with Gasteiger partial charge in [0.05, 0.1) is 0 Å². The zero-order valence-corrected chi connectivity index (χ0v) is 10.6. The first kappa shape index (κ1) is 12.4. The van der Waals surface area contributed by atoms with Gasteiger partial charge in [-0.3, -0.25) is 0 Å². The van der Waals surface area contributed by atoms with Crippen LogP contribution >= 0.6 is 0 Å². The van der Waals surface area contributed by atoms with Gasteiger partial charge in [0.1, 0.15) is 0 Å². The van der Waals surface area contributed by atoms with Gasteiger partial charge in [-0.15, -0.1) is 0 Å². The summed E-state index contributed by atoms with van der Waals surface area (Å²) in [6.07, 6.45) is 12.8. The average Bonchev–Trinajstić information content (AvgIpc) is 2.65. The molecular weight excluding hydrogens is 206 g/mol. The Hall–Kier alpha value is -1.08. The highest BCUT2D eigenvalue weighted by atomic mass is 14.9. The van der Waals surface area contributed by atoms with E-state index in [0.29, 0.717) is 0 Å². The van der Waals surface area contributed by atoms with Crippen LogP contribution in [0, 0.1) is 0 Å². The van der Waals surface area contributed by atoms with Gasteiger partial charge in [0.25, 0.3) is 0 Å². The van der Waals surface area contributed by atoms with Crippen LogP contribution < -0.4 is 5.32 Å². The topological polar surface area (TPSA) is 12.0 Å². The standard InChI is InChI=1S/C16H23N/c1-2-7-13-16(12-6-1)17-14-8-11-15-9-4-3-5-10-15/h3-5,8-11,16-17H,1-2,6-7,12-14H2. The number of rotatable bonds is 4. The maximum absolute atomic E-state index is 3.65. The molecule has 0 aromatic heterocycles. The number of benzene rings is 1. The molecule has 0 saturated heterocycles. The second-order valence-corrected chi connectivity index (χ2v) is 4.91. The molecule has 1 aromatic rings. The Morgan fingerprint density at radius 3 is 2.41 bits per heavy atom. The molecule has 0 aliphatic heterocycles. The van der Waals surface area contributed by atoms with E-state index < -0.39 is 0 Å². The van der Waals surface area contributed by atoms with Crippen LogP contribution in [-0.2, 0) is 0 Å². The van der Waals surface area contributed by atoms with Gasteiger partial charge >= 0.3 is 0 Å². The minimum atomic E-state index is 0.748. The second-order valence-electron chi connectivity index (χ2n) is 4.91. The molecule has 1 fully saturated rings. The van der Waals surface area contributed by atoms with Crippen molar-refractivity contribution in [1.82, 2.24) is 5.32 Å². The first-order valence-corrected chi connectivity index (χ1v) is 6.90. The molecule has 0 radical (unpaired) electrons. The molecule has 0 heterocycles. The molecule has 1 nitrogen and oxygen atoms in total. The lowest BCUT2D eigenvalue weighted by atomic mass is 10.1. The predicted molar refractivity (Wildman–Crippen MR) is 75.0 cm³/mol. The van der Waals surface area contributed by atoms with Gasteiger partial charge in [0, 0.05) is 12.6 Å². The molecule has 0 amide bonds. The number of nitrogens with one attached hydrogen (secondary N) is 1. The van der Waals surface area contributed by atoms with Crippen molar-refractivity contribution in [2.75, 3.05) is 6.54 Å². The largest absolute Gasteiger partial charge is 0.311 e. The molecule has 0 bridgehead atoms. The second kappa shape index (κ2) is 7.29. The normalized spacial score (nSPS) is 18.4. The summed E-state index contributed by atoms with van der Waals surface area (Å²) in [4.78, 5) is 0. The van der Waals surface area contributed by atoms with Crippen molar-refractivity contribution in [3.8, 4) is 0 Å². The molecule has 1 aliphatic rings. The third-order valence-corrected chi connectivity index (χ3v) is 3.49. The summed E-state index contributed by atoms with van der Waals surface area (Å²) >= 11 is 0. The molecule has 0 atom stereocenters. The first-order valence-electron chi connectivity index (χ1n) is 6.90. The monoisotopic (exact) mass is 229 g/mol. The van der Waals surface area contributed by atoms with Gasteiger partial charge in [-0.25, -0.2) is 0 Å². The van der Waals surface area contributed by atoms with Crippen LogP contribution in [0.2, 0.25) is 0 Å². The van der Waals surface area contributed by atoms with Crippen LogP contribution in [0.3, 0.4) is 0 Å². The van der Waals surface area contributed by atoms with E-state index in [4.69, 9.17) is 0 Å². The first-order chi connectivity index (χ1) is 8.45. The minimum Gasteiger partial charge on any atom is -0.311 e. The van der Waals surface area contributed by atoms with Crippen LogP contribution in [0.25, 0.3) is 6.08 Å². The quantitative estimate of drug-likeness (QED) is 0.769. The molecule has 1 heteroatoms. The predicted octanol–water partition coefficient (Wildman–Crippen LogP) is 4.01. The summed E-state index contributed by atoms with van der Waals surface area (Å²) in [5, 5.41) is 3.65. The van der Waals surface area contributed by atoms with E-state index in [-0.39, 0.29) is 0 Å². The van der Waals surface area contributed by atoms with Gasteiger partial charge in [-0.2, -0.15) is 0 Å². The number of hydrogen-bond acceptors (Lipinski definition) is 1. The van der Waals surface area contributed by atoms with E-state index in [1.165, 1.54) is 44.1 Å². The van der Waals surface area contributed by atoms with Crippen LogP contribution in [0.1, 0.15) is 44.1 Å². The summed E-state index contributed by atoms with van der Waals surface area (Å²) in [5.41, 5.74) is 1.29. The molecule has 1 aromatic carbocycles. The Labute approximate surface area is 105 Å². The summed E-state index contributed by atoms with van der Waals surface area (Å²) < 4.78 is 0. The van der Waals surface area contributed by atoms with Gasteiger partial charge in [-0.1, -0.05) is 68.2 Å². The van der Waals surface area contributed by atoms with E-state index in [9.17, 15) is 0 Å². The van der Waals surface area contributed by atoms with Gasteiger partial charge in [0.2, 0.25) is 0 Å². The molecule has 1 N–H and O–H groups in total. The lowest BCUT2D eigenvalue weighted by Crippen LogP contribution is -2.28. The van der Waals surface area contributed by atoms with Crippen molar-refractivity contribution in [3.63, 3.8) is 0 Å². The van der Waals surface area contributed by atoms with Crippen molar-refractivity contribution in [3.05, 3.63) is 42.0 Å². The third-order valence-electron chi connectivity index (χ3n) is 3.49. The molecule has 1 saturated carbocycles. The van der Waals surface area contributed by atoms with Crippen LogP contribution in [0.5, 0.6) is 0 Å². The highest BCUT2D eigenvalue weighted by Crippen LogP contribution is 2.16. The minimum absolute atomic E-state index is 0.748. The van der Waals surface area contributed by atoms with Crippen molar-refractivity contribution < 1.29 is 0 Å². The lowest BCUT2D eigenvalue weighted by Gasteiger charge is -2.14. The van der Waals surface area contributed by atoms with E-state index in [2.05, 4.69) is 47.8 Å². The smallest absolute Gasteiger partial charge is 0.0140 e. The van der Waals surface area contributed by atoms with Gasteiger partial charge in [-0.05, 0) is 18.4 Å². The maximum Gasteiger partial charge on any atom is 0.0140 e. The molecular formula is C16H23N. The highest BCUT2D eigenvalue weighted by Gasteiger charge is 2.09. The summed E-state index contributed by atoms with van der Waals surface area (Å²) in [7, 11) is 0.